The molecule has 1 N–H and O–H groups in total. The van der Waals surface area contributed by atoms with Crippen molar-refractivity contribution in [3.05, 3.63) is 83.9 Å². The average molecular weight is 369 g/mol. The van der Waals surface area contributed by atoms with Crippen molar-refractivity contribution in [3.63, 3.8) is 0 Å². The summed E-state index contributed by atoms with van der Waals surface area (Å²) >= 11 is 0. The zero-order valence-corrected chi connectivity index (χ0v) is 16.1. The summed E-state index contributed by atoms with van der Waals surface area (Å²) in [5, 5.41) is 6.69. The summed E-state index contributed by atoms with van der Waals surface area (Å²) in [6.45, 7) is 4.56. The van der Waals surface area contributed by atoms with Crippen molar-refractivity contribution in [1.29, 1.82) is 0 Å². The summed E-state index contributed by atoms with van der Waals surface area (Å²) < 4.78 is 2.21. The van der Waals surface area contributed by atoms with E-state index in [4.69, 9.17) is 0 Å². The van der Waals surface area contributed by atoms with Gasteiger partial charge >= 0.3 is 0 Å². The van der Waals surface area contributed by atoms with Gasteiger partial charge < -0.3 is 4.57 Å². The highest BCUT2D eigenvalue weighted by Crippen LogP contribution is 2.28. The highest BCUT2D eigenvalue weighted by atomic mass is 16.2. The molecule has 4 rings (SSSR count). The molecule has 140 valence electrons. The van der Waals surface area contributed by atoms with Crippen molar-refractivity contribution in [2.24, 2.45) is 5.10 Å². The number of aryl methyl sites for hydroxylation is 2. The summed E-state index contributed by atoms with van der Waals surface area (Å²) in [7, 11) is 0. The summed E-state index contributed by atoms with van der Waals surface area (Å²) in [5.74, 6) is -0.0895. The van der Waals surface area contributed by atoms with Crippen molar-refractivity contribution < 1.29 is 4.79 Å². The topological polar surface area (TPSA) is 46.4 Å². The predicted molar refractivity (Wildman–Crippen MR) is 116 cm³/mol. The summed E-state index contributed by atoms with van der Waals surface area (Å²) in [6.07, 6.45) is 0.368. The number of fused-ring (bicyclic) bond motifs is 3. The van der Waals surface area contributed by atoms with Gasteiger partial charge in [-0.3, -0.25) is 4.79 Å². The number of aromatic nitrogens is 1. The number of hydrogen-bond acceptors (Lipinski definition) is 2. The van der Waals surface area contributed by atoms with Gasteiger partial charge in [-0.25, -0.2) is 5.43 Å². The van der Waals surface area contributed by atoms with Crippen LogP contribution < -0.4 is 5.43 Å². The van der Waals surface area contributed by atoms with Crippen molar-refractivity contribution in [2.75, 3.05) is 0 Å². The number of carbonyl (C=O) groups is 1. The first-order chi connectivity index (χ1) is 13.6. The van der Waals surface area contributed by atoms with Crippen LogP contribution in [-0.2, 0) is 11.3 Å². The van der Waals surface area contributed by atoms with Gasteiger partial charge in [-0.05, 0) is 31.5 Å². The molecule has 28 heavy (non-hydrogen) atoms. The Morgan fingerprint density at radius 3 is 2.07 bits per heavy atom. The monoisotopic (exact) mass is 369 g/mol. The molecule has 1 amide bonds. The largest absolute Gasteiger partial charge is 0.340 e. The molecule has 0 aliphatic heterocycles. The second kappa shape index (κ2) is 7.69. The van der Waals surface area contributed by atoms with Crippen LogP contribution in [0.15, 0.2) is 77.9 Å². The van der Waals surface area contributed by atoms with Gasteiger partial charge in [0, 0.05) is 34.8 Å². The van der Waals surface area contributed by atoms with E-state index in [0.717, 1.165) is 22.3 Å². The number of hydrazone groups is 1. The van der Waals surface area contributed by atoms with E-state index in [1.54, 1.807) is 0 Å². The van der Waals surface area contributed by atoms with Crippen LogP contribution in [0.5, 0.6) is 0 Å². The molecular weight excluding hydrogens is 346 g/mol. The van der Waals surface area contributed by atoms with Crippen LogP contribution >= 0.6 is 0 Å². The second-order valence-electron chi connectivity index (χ2n) is 7.03. The molecule has 0 spiro atoms. The second-order valence-corrected chi connectivity index (χ2v) is 7.03. The smallest absolute Gasteiger partial charge is 0.241 e. The molecule has 0 atom stereocenters. The Balaban J connectivity index is 1.49. The van der Waals surface area contributed by atoms with Gasteiger partial charge in [0.2, 0.25) is 5.91 Å². The maximum atomic E-state index is 12.4. The number of rotatable bonds is 5. The normalized spacial score (nSPS) is 11.9. The highest BCUT2D eigenvalue weighted by Gasteiger charge is 2.11. The molecule has 0 saturated carbocycles. The fourth-order valence-corrected chi connectivity index (χ4v) is 3.52. The lowest BCUT2D eigenvalue weighted by molar-refractivity contribution is -0.121. The van der Waals surface area contributed by atoms with Crippen LogP contribution in [-0.4, -0.2) is 16.2 Å². The minimum absolute atomic E-state index is 0.0895. The Labute approximate surface area is 164 Å². The first kappa shape index (κ1) is 18.0. The number of para-hydroxylation sites is 2. The van der Waals surface area contributed by atoms with Crippen LogP contribution in [0, 0.1) is 6.92 Å². The number of nitrogens with zero attached hydrogens (tertiary/aromatic N) is 2. The van der Waals surface area contributed by atoms with Crippen LogP contribution in [0.25, 0.3) is 21.8 Å². The zero-order valence-electron chi connectivity index (χ0n) is 16.1. The summed E-state index contributed by atoms with van der Waals surface area (Å²) in [5.41, 5.74) is 7.99. The number of benzene rings is 3. The molecule has 1 heterocycles. The fraction of sp³-hybridized carbons (Fsp3) is 0.167. The lowest BCUT2D eigenvalue weighted by Crippen LogP contribution is -2.20. The van der Waals surface area contributed by atoms with Gasteiger partial charge in [-0.15, -0.1) is 0 Å². The molecule has 0 unspecified atom stereocenters. The zero-order chi connectivity index (χ0) is 19.5. The SMILES string of the molecule is CC(=NNC(=O)CCn1c2ccccc2c2ccccc21)c1ccc(C)cc1. The first-order valence-electron chi connectivity index (χ1n) is 9.49. The van der Waals surface area contributed by atoms with E-state index in [2.05, 4.69) is 39.4 Å². The van der Waals surface area contributed by atoms with Gasteiger partial charge in [-0.1, -0.05) is 66.2 Å². The average Bonchev–Trinajstić information content (AvgIpc) is 3.05. The van der Waals surface area contributed by atoms with Crippen LogP contribution in [0.1, 0.15) is 24.5 Å². The van der Waals surface area contributed by atoms with Crippen molar-refractivity contribution in [1.82, 2.24) is 9.99 Å². The maximum absolute atomic E-state index is 12.4. The van der Waals surface area contributed by atoms with E-state index in [1.165, 1.54) is 16.3 Å². The molecule has 0 saturated heterocycles. The maximum Gasteiger partial charge on any atom is 0.241 e. The van der Waals surface area contributed by atoms with Crippen molar-refractivity contribution >= 4 is 33.4 Å². The number of nitrogens with one attached hydrogen (secondary N) is 1. The predicted octanol–water partition coefficient (Wildman–Crippen LogP) is 5.03. The lowest BCUT2D eigenvalue weighted by atomic mass is 10.1. The van der Waals surface area contributed by atoms with E-state index in [1.807, 2.05) is 62.4 Å². The van der Waals surface area contributed by atoms with E-state index < -0.39 is 0 Å². The standard InChI is InChI=1S/C24H23N3O/c1-17-11-13-19(14-12-17)18(2)25-26-24(28)15-16-27-22-9-5-3-7-20(22)21-8-4-6-10-23(21)27/h3-14H,15-16H2,1-2H3,(H,26,28). The number of carbonyl (C=O) groups excluding carboxylic acids is 1. The molecule has 0 bridgehead atoms. The van der Waals surface area contributed by atoms with Crippen LogP contribution in [0.2, 0.25) is 0 Å². The first-order valence-corrected chi connectivity index (χ1v) is 9.49. The van der Waals surface area contributed by atoms with Gasteiger partial charge in [0.15, 0.2) is 0 Å². The molecule has 4 aromatic rings. The van der Waals surface area contributed by atoms with Crippen molar-refractivity contribution in [2.45, 2.75) is 26.8 Å². The number of hydrogen-bond donors (Lipinski definition) is 1. The Hall–Kier alpha value is -3.40. The van der Waals surface area contributed by atoms with E-state index in [9.17, 15) is 4.79 Å². The van der Waals surface area contributed by atoms with E-state index in [0.29, 0.717) is 13.0 Å². The molecule has 4 nitrogen and oxygen atoms in total. The summed E-state index contributed by atoms with van der Waals surface area (Å²) in [4.78, 5) is 12.4. The van der Waals surface area contributed by atoms with Crippen LogP contribution in [0.4, 0.5) is 0 Å². The minimum Gasteiger partial charge on any atom is -0.340 e. The molecule has 0 aliphatic rings. The third kappa shape index (κ3) is 3.54. The Kier molecular flexibility index (Phi) is 4.94. The summed E-state index contributed by atoms with van der Waals surface area (Å²) in [6, 6.07) is 24.7. The van der Waals surface area contributed by atoms with Gasteiger partial charge in [0.1, 0.15) is 0 Å². The van der Waals surface area contributed by atoms with Gasteiger partial charge in [0.25, 0.3) is 0 Å². The third-order valence-electron chi connectivity index (χ3n) is 5.06. The molecular formula is C24H23N3O. The Morgan fingerprint density at radius 2 is 1.46 bits per heavy atom. The third-order valence-corrected chi connectivity index (χ3v) is 5.06. The van der Waals surface area contributed by atoms with E-state index in [-0.39, 0.29) is 5.91 Å². The fourth-order valence-electron chi connectivity index (χ4n) is 3.52. The quantitative estimate of drug-likeness (QED) is 0.389. The molecule has 0 aliphatic carbocycles. The molecule has 0 fully saturated rings. The molecule has 0 radical (unpaired) electrons. The Morgan fingerprint density at radius 1 is 0.893 bits per heavy atom. The van der Waals surface area contributed by atoms with Crippen molar-refractivity contribution in [3.8, 4) is 0 Å². The van der Waals surface area contributed by atoms with Gasteiger partial charge in [-0.2, -0.15) is 5.10 Å². The van der Waals surface area contributed by atoms with Gasteiger partial charge in [0.05, 0.1) is 5.71 Å². The minimum atomic E-state index is -0.0895. The lowest BCUT2D eigenvalue weighted by Gasteiger charge is -2.07. The Bertz CT molecular complexity index is 1120. The number of amides is 1. The highest BCUT2D eigenvalue weighted by molar-refractivity contribution is 6.08. The van der Waals surface area contributed by atoms with E-state index >= 15 is 0 Å². The molecule has 4 heteroatoms. The molecule has 1 aromatic heterocycles. The van der Waals surface area contributed by atoms with Crippen LogP contribution in [0.3, 0.4) is 0 Å². The molecule has 3 aromatic carbocycles.